The maximum atomic E-state index is 13.0. The summed E-state index contributed by atoms with van der Waals surface area (Å²) in [6.45, 7) is 1.46. The molecule has 8 nitrogen and oxygen atoms in total. The van der Waals surface area contributed by atoms with E-state index in [1.165, 1.54) is 6.07 Å². The summed E-state index contributed by atoms with van der Waals surface area (Å²) in [4.78, 5) is 12.7. The second kappa shape index (κ2) is 8.51. The summed E-state index contributed by atoms with van der Waals surface area (Å²) in [5.74, 6) is 0.387. The zero-order valence-corrected chi connectivity index (χ0v) is 18.2. The van der Waals surface area contributed by atoms with Crippen molar-refractivity contribution in [3.05, 3.63) is 41.1 Å². The number of benzene rings is 1. The number of aromatic nitrogens is 2. The number of alkyl halides is 3. The van der Waals surface area contributed by atoms with Gasteiger partial charge in [-0.3, -0.25) is 4.79 Å². The molecule has 1 saturated carbocycles. The lowest BCUT2D eigenvalue weighted by atomic mass is 10.00. The van der Waals surface area contributed by atoms with Crippen molar-refractivity contribution in [2.75, 3.05) is 19.8 Å². The van der Waals surface area contributed by atoms with Crippen LogP contribution in [0.15, 0.2) is 24.3 Å². The van der Waals surface area contributed by atoms with E-state index >= 15 is 0 Å². The highest BCUT2D eigenvalue weighted by atomic mass is 19.4. The molecule has 1 aromatic heterocycles. The first-order valence-electron chi connectivity index (χ1n) is 11.1. The van der Waals surface area contributed by atoms with Crippen LogP contribution in [-0.2, 0) is 23.9 Å². The van der Waals surface area contributed by atoms with Gasteiger partial charge in [-0.15, -0.1) is 0 Å². The maximum Gasteiger partial charge on any atom is 0.416 e. The molecule has 0 saturated heterocycles. The average Bonchev–Trinajstić information content (AvgIpc) is 3.46. The van der Waals surface area contributed by atoms with Crippen molar-refractivity contribution < 1.29 is 32.2 Å². The number of nitrogens with zero attached hydrogens (tertiary/aromatic N) is 3. The first-order chi connectivity index (χ1) is 16.2. The van der Waals surface area contributed by atoms with Crippen LogP contribution in [0.25, 0.3) is 0 Å². The Morgan fingerprint density at radius 1 is 1.35 bits per heavy atom. The van der Waals surface area contributed by atoms with Crippen LogP contribution in [0.2, 0.25) is 0 Å². The predicted octanol–water partition coefficient (Wildman–Crippen LogP) is 3.11. The highest BCUT2D eigenvalue weighted by Gasteiger charge is 2.43. The third-order valence-electron chi connectivity index (χ3n) is 6.33. The van der Waals surface area contributed by atoms with Crippen LogP contribution in [0, 0.1) is 16.7 Å². The van der Waals surface area contributed by atoms with E-state index in [0.717, 1.165) is 25.0 Å². The van der Waals surface area contributed by atoms with E-state index < -0.39 is 23.7 Å². The molecule has 1 aliphatic carbocycles. The van der Waals surface area contributed by atoms with Crippen molar-refractivity contribution in [1.82, 2.24) is 15.1 Å². The maximum absolute atomic E-state index is 13.0. The fraction of sp³-hybridized carbons (Fsp3) is 0.522. The van der Waals surface area contributed by atoms with Crippen molar-refractivity contribution in [2.45, 2.75) is 50.6 Å². The summed E-state index contributed by atoms with van der Waals surface area (Å²) in [7, 11) is 0. The molecule has 34 heavy (non-hydrogen) atoms. The van der Waals surface area contributed by atoms with Crippen LogP contribution in [0.3, 0.4) is 0 Å². The van der Waals surface area contributed by atoms with Crippen LogP contribution in [0.1, 0.15) is 40.9 Å². The van der Waals surface area contributed by atoms with Crippen LogP contribution >= 0.6 is 0 Å². The van der Waals surface area contributed by atoms with Gasteiger partial charge in [-0.25, -0.2) is 4.68 Å². The Morgan fingerprint density at radius 2 is 2.18 bits per heavy atom. The number of aryl methyl sites for hydroxylation is 1. The van der Waals surface area contributed by atoms with Crippen molar-refractivity contribution >= 4 is 5.91 Å². The van der Waals surface area contributed by atoms with Gasteiger partial charge >= 0.3 is 6.18 Å². The van der Waals surface area contributed by atoms with E-state index in [1.807, 2.05) is 0 Å². The fourth-order valence-corrected chi connectivity index (χ4v) is 4.13. The number of carbonyl (C=O) groups excluding carboxylic acids is 1. The molecule has 3 heterocycles. The molecule has 0 radical (unpaired) electrons. The molecule has 1 fully saturated rings. The van der Waals surface area contributed by atoms with E-state index in [-0.39, 0.29) is 30.2 Å². The van der Waals surface area contributed by atoms with Gasteiger partial charge in [0.2, 0.25) is 5.88 Å². The minimum Gasteiger partial charge on any atom is -0.491 e. The molecule has 1 aromatic carbocycles. The standard InChI is InChI=1S/C23H23F3N4O4/c24-23(25,26)15-1-2-19-14(7-15)8-16(10-33-19)28-21(31)18-9-20-30(29-18)6-3-17(34-20)11-32-13-22(12-27)4-5-22/h1-2,7,9,16-17H,3-6,8,10-11,13H2,(H,28,31)/t16-,17+/m1/s1. The van der Waals surface area contributed by atoms with Gasteiger partial charge in [-0.05, 0) is 43.0 Å². The number of nitriles is 1. The number of amides is 1. The summed E-state index contributed by atoms with van der Waals surface area (Å²) in [6.07, 6.45) is -2.04. The third kappa shape index (κ3) is 4.68. The largest absolute Gasteiger partial charge is 0.491 e. The second-order valence-corrected chi connectivity index (χ2v) is 9.03. The first-order valence-corrected chi connectivity index (χ1v) is 11.1. The second-order valence-electron chi connectivity index (χ2n) is 9.03. The molecule has 180 valence electrons. The Kier molecular flexibility index (Phi) is 5.64. The van der Waals surface area contributed by atoms with Crippen LogP contribution in [0.5, 0.6) is 11.6 Å². The number of hydrogen-bond acceptors (Lipinski definition) is 6. The average molecular weight is 476 g/mol. The van der Waals surface area contributed by atoms with Crippen LogP contribution < -0.4 is 14.8 Å². The summed E-state index contributed by atoms with van der Waals surface area (Å²) in [6, 6.07) is 6.69. The fourth-order valence-electron chi connectivity index (χ4n) is 4.13. The smallest absolute Gasteiger partial charge is 0.416 e. The number of ether oxygens (including phenoxy) is 3. The highest BCUT2D eigenvalue weighted by Crippen LogP contribution is 2.45. The molecule has 2 aromatic rings. The number of halogens is 3. The minimum absolute atomic E-state index is 0.151. The van der Waals surface area contributed by atoms with Gasteiger partial charge < -0.3 is 19.5 Å². The summed E-state index contributed by atoms with van der Waals surface area (Å²) >= 11 is 0. The minimum atomic E-state index is -4.45. The Bertz CT molecular complexity index is 1140. The predicted molar refractivity (Wildman–Crippen MR) is 111 cm³/mol. The molecule has 0 spiro atoms. The van der Waals surface area contributed by atoms with E-state index in [2.05, 4.69) is 16.5 Å². The van der Waals surface area contributed by atoms with Gasteiger partial charge in [0.05, 0.1) is 36.3 Å². The number of rotatable bonds is 6. The lowest BCUT2D eigenvalue weighted by molar-refractivity contribution is -0.137. The van der Waals surface area contributed by atoms with Crippen molar-refractivity contribution in [1.29, 1.82) is 5.26 Å². The molecule has 2 aliphatic heterocycles. The molecule has 3 aliphatic rings. The van der Waals surface area contributed by atoms with Gasteiger partial charge in [0, 0.05) is 19.0 Å². The van der Waals surface area contributed by atoms with Crippen LogP contribution in [-0.4, -0.2) is 47.7 Å². The Hall–Kier alpha value is -3.26. The first kappa shape index (κ1) is 22.5. The van der Waals surface area contributed by atoms with Gasteiger partial charge in [0.1, 0.15) is 18.5 Å². The van der Waals surface area contributed by atoms with E-state index in [4.69, 9.17) is 19.5 Å². The molecule has 5 rings (SSSR count). The van der Waals surface area contributed by atoms with Crippen LogP contribution in [0.4, 0.5) is 13.2 Å². The van der Waals surface area contributed by atoms with Crippen molar-refractivity contribution in [3.63, 3.8) is 0 Å². The van der Waals surface area contributed by atoms with Crippen molar-refractivity contribution in [2.24, 2.45) is 5.41 Å². The molecule has 1 N–H and O–H groups in total. The normalized spacial score (nSPS) is 22.4. The van der Waals surface area contributed by atoms with Gasteiger partial charge in [-0.1, -0.05) is 0 Å². The number of fused-ring (bicyclic) bond motifs is 2. The monoisotopic (exact) mass is 476 g/mol. The third-order valence-corrected chi connectivity index (χ3v) is 6.33. The Balaban J connectivity index is 1.17. The van der Waals surface area contributed by atoms with Crippen molar-refractivity contribution in [3.8, 4) is 17.7 Å². The number of nitrogens with one attached hydrogen (secondary N) is 1. The molecule has 2 atom stereocenters. The molecule has 1 amide bonds. The molecular weight excluding hydrogens is 453 g/mol. The molecule has 11 heteroatoms. The zero-order valence-electron chi connectivity index (χ0n) is 18.2. The summed E-state index contributed by atoms with van der Waals surface area (Å²) < 4.78 is 57.8. The quantitative estimate of drug-likeness (QED) is 0.688. The lowest BCUT2D eigenvalue weighted by Gasteiger charge is -2.26. The van der Waals surface area contributed by atoms with Gasteiger partial charge in [0.25, 0.3) is 5.91 Å². The molecule has 0 bridgehead atoms. The zero-order chi connectivity index (χ0) is 23.9. The summed E-state index contributed by atoms with van der Waals surface area (Å²) in [5.41, 5.74) is -0.530. The molecule has 0 unspecified atom stereocenters. The van der Waals surface area contributed by atoms with E-state index in [1.54, 1.807) is 10.7 Å². The van der Waals surface area contributed by atoms with E-state index in [9.17, 15) is 18.0 Å². The number of hydrogen-bond donors (Lipinski definition) is 1. The lowest BCUT2D eigenvalue weighted by Crippen LogP contribution is -2.43. The van der Waals surface area contributed by atoms with Gasteiger partial charge in [-0.2, -0.15) is 23.5 Å². The Labute approximate surface area is 193 Å². The topological polar surface area (TPSA) is 98.4 Å². The highest BCUT2D eigenvalue weighted by molar-refractivity contribution is 5.92. The van der Waals surface area contributed by atoms with Gasteiger partial charge in [0.15, 0.2) is 5.69 Å². The van der Waals surface area contributed by atoms with E-state index in [0.29, 0.717) is 43.4 Å². The number of carbonyl (C=O) groups is 1. The Morgan fingerprint density at radius 3 is 2.91 bits per heavy atom. The molecular formula is C23H23F3N4O4. The summed E-state index contributed by atoms with van der Waals surface area (Å²) in [5, 5.41) is 16.2. The SMILES string of the molecule is N#CC1(COC[C@@H]2CCn3nc(C(=O)N[C@H]4COc5ccc(C(F)(F)F)cc5C4)cc3O2)CC1.